The Hall–Kier alpha value is -2.34. The van der Waals surface area contributed by atoms with Crippen LogP contribution in [0.15, 0.2) is 36.4 Å². The molecule has 1 aromatic heterocycles. The first kappa shape index (κ1) is 33.2. The zero-order valence-electron chi connectivity index (χ0n) is 24.0. The molecule has 0 unspecified atom stereocenters. The van der Waals surface area contributed by atoms with Crippen molar-refractivity contribution in [1.29, 1.82) is 0 Å². The lowest BCUT2D eigenvalue weighted by Crippen LogP contribution is -2.46. The molecule has 228 valence electrons. The standard InChI is InChI=1S/C31H45NO8S/c1-3-5-6-10-25(34)20-11-13-22(14-12-20)32-21(15-18-28(32)36)8-7-9-23-16-17-27(41-23)31(39)40-19-26(35)30(38)29(37)24(33)4-2/h11-14,16-17,21,24-26,29-30,33-35,37-38H,3-10,15,18-19H2,1-2H3/t21-,24+,25-,26+,29-,30+/m0/s1. The van der Waals surface area contributed by atoms with Gasteiger partial charge in [-0.25, -0.2) is 4.79 Å². The van der Waals surface area contributed by atoms with Crippen LogP contribution >= 0.6 is 11.3 Å². The second-order valence-electron chi connectivity index (χ2n) is 10.8. The van der Waals surface area contributed by atoms with Crippen LogP contribution in [0.1, 0.15) is 97.9 Å². The molecule has 3 rings (SSSR count). The van der Waals surface area contributed by atoms with Gasteiger partial charge in [0.25, 0.3) is 0 Å². The lowest BCUT2D eigenvalue weighted by molar-refractivity contribution is -0.117. The maximum atomic E-state index is 12.7. The monoisotopic (exact) mass is 591 g/mol. The lowest BCUT2D eigenvalue weighted by atomic mass is 10.0. The smallest absolute Gasteiger partial charge is 0.348 e. The molecule has 41 heavy (non-hydrogen) atoms. The van der Waals surface area contributed by atoms with Crippen LogP contribution in [0.5, 0.6) is 0 Å². The van der Waals surface area contributed by atoms with Crippen molar-refractivity contribution < 1.29 is 39.9 Å². The second kappa shape index (κ2) is 16.3. The minimum absolute atomic E-state index is 0.0988. The Morgan fingerprint density at radius 3 is 2.37 bits per heavy atom. The minimum Gasteiger partial charge on any atom is -0.459 e. The van der Waals surface area contributed by atoms with Gasteiger partial charge < -0.3 is 35.2 Å². The Morgan fingerprint density at radius 2 is 1.68 bits per heavy atom. The average molecular weight is 592 g/mol. The van der Waals surface area contributed by atoms with Gasteiger partial charge in [0.05, 0.1) is 12.2 Å². The van der Waals surface area contributed by atoms with Gasteiger partial charge in [-0.05, 0) is 68.4 Å². The van der Waals surface area contributed by atoms with Crippen LogP contribution in [0.4, 0.5) is 5.69 Å². The summed E-state index contributed by atoms with van der Waals surface area (Å²) >= 11 is 1.29. The van der Waals surface area contributed by atoms with Crippen molar-refractivity contribution >= 4 is 28.9 Å². The van der Waals surface area contributed by atoms with Crippen molar-refractivity contribution in [3.8, 4) is 0 Å². The Labute approximate surface area is 246 Å². The molecule has 1 amide bonds. The number of carbonyl (C=O) groups is 2. The number of aliphatic hydroxyl groups excluding tert-OH is 5. The van der Waals surface area contributed by atoms with Crippen molar-refractivity contribution in [2.45, 2.75) is 115 Å². The summed E-state index contributed by atoms with van der Waals surface area (Å²) in [7, 11) is 0. The molecule has 5 N–H and O–H groups in total. The van der Waals surface area contributed by atoms with E-state index in [2.05, 4.69) is 6.92 Å². The molecule has 10 heteroatoms. The van der Waals surface area contributed by atoms with Crippen LogP contribution in [-0.2, 0) is 16.0 Å². The highest BCUT2D eigenvalue weighted by Crippen LogP contribution is 2.31. The predicted octanol–water partition coefficient (Wildman–Crippen LogP) is 3.89. The molecule has 2 aromatic rings. The molecule has 6 atom stereocenters. The number of nitrogens with zero attached hydrogens (tertiary/aromatic N) is 1. The number of anilines is 1. The maximum absolute atomic E-state index is 12.7. The van der Waals surface area contributed by atoms with Crippen molar-refractivity contribution in [2.75, 3.05) is 11.5 Å². The summed E-state index contributed by atoms with van der Waals surface area (Å²) in [6, 6.07) is 11.3. The van der Waals surface area contributed by atoms with E-state index in [1.807, 2.05) is 35.2 Å². The number of ether oxygens (including phenoxy) is 1. The van der Waals surface area contributed by atoms with E-state index >= 15 is 0 Å². The molecule has 0 bridgehead atoms. The topological polar surface area (TPSA) is 148 Å². The predicted molar refractivity (Wildman–Crippen MR) is 158 cm³/mol. The summed E-state index contributed by atoms with van der Waals surface area (Å²) in [4.78, 5) is 28.4. The molecular formula is C31H45NO8S. The van der Waals surface area contributed by atoms with Crippen LogP contribution in [0.25, 0.3) is 0 Å². The number of thiophene rings is 1. The number of esters is 1. The fourth-order valence-electron chi connectivity index (χ4n) is 5.14. The number of amides is 1. The second-order valence-corrected chi connectivity index (χ2v) is 12.0. The summed E-state index contributed by atoms with van der Waals surface area (Å²) in [5, 5.41) is 49.9. The zero-order chi connectivity index (χ0) is 29.9. The molecule has 2 heterocycles. The summed E-state index contributed by atoms with van der Waals surface area (Å²) in [6.45, 7) is 3.26. The highest BCUT2D eigenvalue weighted by molar-refractivity contribution is 7.13. The van der Waals surface area contributed by atoms with Gasteiger partial charge in [-0.3, -0.25) is 4.79 Å². The van der Waals surface area contributed by atoms with Gasteiger partial charge in [-0.15, -0.1) is 11.3 Å². The SMILES string of the molecule is CCCCC[C@H](O)c1ccc(N2C(=O)CC[C@@H]2CCCc2ccc(C(=O)OC[C@@H](O)[C@@H](O)[C@@H](O)[C@H](O)CC)s2)cc1. The molecule has 1 aliphatic heterocycles. The van der Waals surface area contributed by atoms with E-state index in [1.165, 1.54) is 11.3 Å². The number of carbonyl (C=O) groups excluding carboxylic acids is 2. The third-order valence-electron chi connectivity index (χ3n) is 7.73. The first-order valence-electron chi connectivity index (χ1n) is 14.7. The van der Waals surface area contributed by atoms with Gasteiger partial charge in [0.1, 0.15) is 29.8 Å². The Kier molecular flexibility index (Phi) is 13.2. The van der Waals surface area contributed by atoms with Gasteiger partial charge in [-0.1, -0.05) is 45.2 Å². The minimum atomic E-state index is -1.64. The first-order chi connectivity index (χ1) is 19.7. The number of aryl methyl sites for hydroxylation is 1. The lowest BCUT2D eigenvalue weighted by Gasteiger charge is -2.25. The Morgan fingerprint density at radius 1 is 0.976 bits per heavy atom. The van der Waals surface area contributed by atoms with Crippen molar-refractivity contribution in [3.05, 3.63) is 51.7 Å². The molecule has 1 saturated heterocycles. The van der Waals surface area contributed by atoms with Gasteiger partial charge in [0.15, 0.2) is 0 Å². The summed E-state index contributed by atoms with van der Waals surface area (Å²) < 4.78 is 5.10. The summed E-state index contributed by atoms with van der Waals surface area (Å²) in [5.74, 6) is -0.527. The first-order valence-corrected chi connectivity index (χ1v) is 15.6. The third-order valence-corrected chi connectivity index (χ3v) is 8.85. The maximum Gasteiger partial charge on any atom is 0.348 e. The number of unbranched alkanes of at least 4 members (excludes halogenated alkanes) is 2. The molecule has 9 nitrogen and oxygen atoms in total. The molecular weight excluding hydrogens is 546 g/mol. The van der Waals surface area contributed by atoms with Crippen LogP contribution in [0.2, 0.25) is 0 Å². The van der Waals surface area contributed by atoms with Crippen LogP contribution in [-0.4, -0.2) is 74.5 Å². The van der Waals surface area contributed by atoms with Crippen molar-refractivity contribution in [3.63, 3.8) is 0 Å². The molecule has 1 fully saturated rings. The molecule has 0 aliphatic carbocycles. The highest BCUT2D eigenvalue weighted by atomic mass is 32.1. The van der Waals surface area contributed by atoms with Gasteiger partial charge in [0, 0.05) is 23.0 Å². The largest absolute Gasteiger partial charge is 0.459 e. The summed E-state index contributed by atoms with van der Waals surface area (Å²) in [5.41, 5.74) is 1.73. The molecule has 0 radical (unpaired) electrons. The van der Waals surface area contributed by atoms with Crippen molar-refractivity contribution in [2.24, 2.45) is 0 Å². The summed E-state index contributed by atoms with van der Waals surface area (Å²) in [6.07, 6.45) is 1.44. The van der Waals surface area contributed by atoms with Crippen molar-refractivity contribution in [1.82, 2.24) is 0 Å². The van der Waals surface area contributed by atoms with E-state index < -0.39 is 43.1 Å². The molecule has 1 aliphatic rings. The Bertz CT molecular complexity index is 1090. The van der Waals surface area contributed by atoms with E-state index in [0.29, 0.717) is 11.3 Å². The van der Waals surface area contributed by atoms with E-state index in [9.17, 15) is 35.1 Å². The fourth-order valence-corrected chi connectivity index (χ4v) is 6.09. The third kappa shape index (κ3) is 9.33. The zero-order valence-corrected chi connectivity index (χ0v) is 24.8. The van der Waals surface area contributed by atoms with E-state index in [4.69, 9.17) is 4.74 Å². The quantitative estimate of drug-likeness (QED) is 0.138. The van der Waals surface area contributed by atoms with E-state index in [-0.39, 0.29) is 18.4 Å². The number of hydrogen-bond acceptors (Lipinski definition) is 9. The van der Waals surface area contributed by atoms with Gasteiger partial charge in [0.2, 0.25) is 5.91 Å². The number of rotatable bonds is 17. The van der Waals surface area contributed by atoms with E-state index in [1.54, 1.807) is 13.0 Å². The number of benzene rings is 1. The van der Waals surface area contributed by atoms with Gasteiger partial charge >= 0.3 is 5.97 Å². The molecule has 1 aromatic carbocycles. The van der Waals surface area contributed by atoms with Crippen LogP contribution in [0.3, 0.4) is 0 Å². The Balaban J connectivity index is 1.47. The highest BCUT2D eigenvalue weighted by Gasteiger charge is 2.32. The number of aliphatic hydroxyl groups is 5. The molecule has 0 saturated carbocycles. The van der Waals surface area contributed by atoms with Gasteiger partial charge in [-0.2, -0.15) is 0 Å². The van der Waals surface area contributed by atoms with E-state index in [0.717, 1.165) is 67.5 Å². The normalized spacial score (nSPS) is 19.1. The number of hydrogen-bond donors (Lipinski definition) is 5. The van der Waals surface area contributed by atoms with Crippen LogP contribution < -0.4 is 4.90 Å². The average Bonchev–Trinajstić information content (AvgIpc) is 3.61. The van der Waals surface area contributed by atoms with Crippen LogP contribution in [0, 0.1) is 0 Å². The molecule has 0 spiro atoms. The fraction of sp³-hybridized carbons (Fsp3) is 0.613.